The van der Waals surface area contributed by atoms with Crippen LogP contribution in [0, 0.1) is 0 Å². The van der Waals surface area contributed by atoms with Gasteiger partial charge < -0.3 is 15.7 Å². The van der Waals surface area contributed by atoms with Gasteiger partial charge in [0.1, 0.15) is 6.04 Å². The molecule has 0 fully saturated rings. The molecule has 3 N–H and O–H groups in total. The Bertz CT molecular complexity index is 447. The first-order valence-electron chi connectivity index (χ1n) is 5.14. The zero-order chi connectivity index (χ0) is 13.5. The van der Waals surface area contributed by atoms with Crippen molar-refractivity contribution in [3.63, 3.8) is 0 Å². The molecule has 1 rings (SSSR count). The number of hydrogen-bond donors (Lipinski definition) is 3. The van der Waals surface area contributed by atoms with Crippen LogP contribution < -0.4 is 10.6 Å². The Hall–Kier alpha value is -1.34. The van der Waals surface area contributed by atoms with E-state index in [9.17, 15) is 9.59 Å². The maximum Gasteiger partial charge on any atom is 0.326 e. The number of carbonyl (C=O) groups is 2. The Morgan fingerprint density at radius 2 is 2.33 bits per heavy atom. The number of hydrogen-bond acceptors (Lipinski definition) is 3. The smallest absolute Gasteiger partial charge is 0.326 e. The first-order chi connectivity index (χ1) is 8.54. The summed E-state index contributed by atoms with van der Waals surface area (Å²) in [4.78, 5) is 23.3. The van der Waals surface area contributed by atoms with Crippen LogP contribution in [-0.2, 0) is 11.3 Å². The molecule has 18 heavy (non-hydrogen) atoms. The fourth-order valence-electron chi connectivity index (χ4n) is 1.21. The average molecular weight is 333 g/mol. The maximum atomic E-state index is 11.5. The minimum absolute atomic E-state index is 0.186. The van der Waals surface area contributed by atoms with E-state index in [1.54, 1.807) is 0 Å². The molecule has 0 aliphatic heterocycles. The predicted octanol–water partition coefficient (Wildman–Crippen LogP) is 2.34. The van der Waals surface area contributed by atoms with Gasteiger partial charge in [-0.1, -0.05) is 6.08 Å². The van der Waals surface area contributed by atoms with Crippen LogP contribution in [0.25, 0.3) is 0 Å². The Morgan fingerprint density at radius 3 is 2.83 bits per heavy atom. The van der Waals surface area contributed by atoms with Crippen LogP contribution in [0.1, 0.15) is 11.3 Å². The standard InChI is InChI=1S/C11H13BrN2O3S/c1-2-3-8(10(15)16)14-11(17)13-6-9-7(12)4-5-18-9/h2,4-5,8H,1,3,6H2,(H,15,16)(H2,13,14,17). The van der Waals surface area contributed by atoms with Crippen LogP contribution >= 0.6 is 27.3 Å². The highest BCUT2D eigenvalue weighted by atomic mass is 79.9. The lowest BCUT2D eigenvalue weighted by atomic mass is 10.2. The van der Waals surface area contributed by atoms with Crippen molar-refractivity contribution in [1.82, 2.24) is 10.6 Å². The minimum atomic E-state index is -1.08. The monoisotopic (exact) mass is 332 g/mol. The third-order valence-corrected chi connectivity index (χ3v) is 4.03. The molecule has 0 aliphatic rings. The number of carboxylic acids is 1. The molecule has 1 aromatic rings. The lowest BCUT2D eigenvalue weighted by Gasteiger charge is -2.13. The van der Waals surface area contributed by atoms with Gasteiger partial charge in [-0.25, -0.2) is 9.59 Å². The fourth-order valence-corrected chi connectivity index (χ4v) is 2.64. The number of amides is 2. The van der Waals surface area contributed by atoms with Crippen molar-refractivity contribution in [1.29, 1.82) is 0 Å². The molecule has 2 amide bonds. The molecule has 7 heteroatoms. The Labute approximate surface area is 117 Å². The van der Waals surface area contributed by atoms with E-state index in [1.165, 1.54) is 17.4 Å². The Morgan fingerprint density at radius 1 is 1.61 bits per heavy atom. The SMILES string of the molecule is C=CCC(NC(=O)NCc1sccc1Br)C(=O)O. The highest BCUT2D eigenvalue weighted by molar-refractivity contribution is 9.10. The third-order valence-electron chi connectivity index (χ3n) is 2.11. The van der Waals surface area contributed by atoms with Gasteiger partial charge in [-0.15, -0.1) is 17.9 Å². The molecule has 0 spiro atoms. The van der Waals surface area contributed by atoms with E-state index in [-0.39, 0.29) is 6.42 Å². The molecule has 0 radical (unpaired) electrons. The Kier molecular flexibility index (Phi) is 5.87. The second kappa shape index (κ2) is 7.17. The molecule has 5 nitrogen and oxygen atoms in total. The van der Waals surface area contributed by atoms with Crippen LogP contribution in [0.2, 0.25) is 0 Å². The largest absolute Gasteiger partial charge is 0.480 e. The van der Waals surface area contributed by atoms with Gasteiger partial charge >= 0.3 is 12.0 Å². The molecule has 98 valence electrons. The first kappa shape index (κ1) is 14.7. The molecule has 1 atom stereocenters. The summed E-state index contributed by atoms with van der Waals surface area (Å²) in [6, 6.07) is 0.427. The topological polar surface area (TPSA) is 78.4 Å². The summed E-state index contributed by atoms with van der Waals surface area (Å²) in [7, 11) is 0. The second-order valence-corrected chi connectivity index (χ2v) is 5.29. The summed E-state index contributed by atoms with van der Waals surface area (Å²) in [6.45, 7) is 3.80. The summed E-state index contributed by atoms with van der Waals surface area (Å²) >= 11 is 4.85. The highest BCUT2D eigenvalue weighted by Crippen LogP contribution is 2.21. The van der Waals surface area contributed by atoms with Gasteiger partial charge in [0.2, 0.25) is 0 Å². The van der Waals surface area contributed by atoms with E-state index in [1.807, 2.05) is 11.4 Å². The highest BCUT2D eigenvalue weighted by Gasteiger charge is 2.18. The van der Waals surface area contributed by atoms with E-state index in [4.69, 9.17) is 5.11 Å². The Balaban J connectivity index is 2.43. The number of halogens is 1. The number of rotatable bonds is 6. The van der Waals surface area contributed by atoms with Crippen LogP contribution in [0.15, 0.2) is 28.6 Å². The number of carboxylic acid groups (broad SMARTS) is 1. The lowest BCUT2D eigenvalue weighted by molar-refractivity contribution is -0.139. The van der Waals surface area contributed by atoms with Crippen molar-refractivity contribution in [2.24, 2.45) is 0 Å². The van der Waals surface area contributed by atoms with Crippen molar-refractivity contribution in [3.8, 4) is 0 Å². The first-order valence-corrected chi connectivity index (χ1v) is 6.81. The third kappa shape index (κ3) is 4.50. The van der Waals surface area contributed by atoms with E-state index < -0.39 is 18.0 Å². The van der Waals surface area contributed by atoms with Gasteiger partial charge in [-0.3, -0.25) is 0 Å². The van der Waals surface area contributed by atoms with Crippen molar-refractivity contribution >= 4 is 39.3 Å². The maximum absolute atomic E-state index is 11.5. The molecule has 1 aromatic heterocycles. The van der Waals surface area contributed by atoms with Gasteiger partial charge in [-0.2, -0.15) is 0 Å². The summed E-state index contributed by atoms with van der Waals surface area (Å²) in [6.07, 6.45) is 1.64. The van der Waals surface area contributed by atoms with E-state index in [0.29, 0.717) is 6.54 Å². The lowest BCUT2D eigenvalue weighted by Crippen LogP contribution is -2.45. The predicted molar refractivity (Wildman–Crippen MR) is 73.6 cm³/mol. The quantitative estimate of drug-likeness (QED) is 0.699. The van der Waals surface area contributed by atoms with Crippen molar-refractivity contribution in [3.05, 3.63) is 33.5 Å². The molecule has 0 aromatic carbocycles. The van der Waals surface area contributed by atoms with Crippen LogP contribution in [0.3, 0.4) is 0 Å². The van der Waals surface area contributed by atoms with Crippen molar-refractivity contribution in [2.45, 2.75) is 19.0 Å². The fraction of sp³-hybridized carbons (Fsp3) is 0.273. The van der Waals surface area contributed by atoms with Crippen LogP contribution in [0.4, 0.5) is 4.79 Å². The average Bonchev–Trinajstić information content (AvgIpc) is 2.71. The summed E-state index contributed by atoms with van der Waals surface area (Å²) in [5.74, 6) is -1.08. The second-order valence-electron chi connectivity index (χ2n) is 3.43. The molecule has 0 saturated heterocycles. The number of carbonyl (C=O) groups excluding carboxylic acids is 1. The van der Waals surface area contributed by atoms with Gasteiger partial charge in [-0.05, 0) is 33.8 Å². The van der Waals surface area contributed by atoms with Crippen molar-refractivity contribution in [2.75, 3.05) is 0 Å². The van der Waals surface area contributed by atoms with Crippen molar-refractivity contribution < 1.29 is 14.7 Å². The molecular formula is C11H13BrN2O3S. The van der Waals surface area contributed by atoms with E-state index >= 15 is 0 Å². The molecule has 0 bridgehead atoms. The molecule has 1 heterocycles. The van der Waals surface area contributed by atoms with E-state index in [2.05, 4.69) is 33.1 Å². The normalized spacial score (nSPS) is 11.6. The zero-order valence-corrected chi connectivity index (χ0v) is 11.9. The zero-order valence-electron chi connectivity index (χ0n) is 9.48. The molecule has 1 unspecified atom stereocenters. The van der Waals surface area contributed by atoms with Crippen LogP contribution in [0.5, 0.6) is 0 Å². The summed E-state index contributed by atoms with van der Waals surface area (Å²) in [5, 5.41) is 15.7. The van der Waals surface area contributed by atoms with Gasteiger partial charge in [0, 0.05) is 9.35 Å². The van der Waals surface area contributed by atoms with Gasteiger partial charge in [0.25, 0.3) is 0 Å². The molecular weight excluding hydrogens is 320 g/mol. The summed E-state index contributed by atoms with van der Waals surface area (Å²) in [5.41, 5.74) is 0. The summed E-state index contributed by atoms with van der Waals surface area (Å²) < 4.78 is 0.925. The van der Waals surface area contributed by atoms with Gasteiger partial charge in [0.15, 0.2) is 0 Å². The molecule has 0 aliphatic carbocycles. The van der Waals surface area contributed by atoms with Crippen LogP contribution in [-0.4, -0.2) is 23.1 Å². The number of urea groups is 1. The number of thiophene rings is 1. The number of aliphatic carboxylic acids is 1. The minimum Gasteiger partial charge on any atom is -0.480 e. The van der Waals surface area contributed by atoms with Gasteiger partial charge in [0.05, 0.1) is 6.54 Å². The molecule has 0 saturated carbocycles. The van der Waals surface area contributed by atoms with E-state index in [0.717, 1.165) is 9.35 Å². The number of nitrogens with one attached hydrogen (secondary N) is 2.